The van der Waals surface area contributed by atoms with E-state index in [1.54, 1.807) is 24.4 Å². The third kappa shape index (κ3) is 3.47. The van der Waals surface area contributed by atoms with E-state index in [0.717, 1.165) is 0 Å². The monoisotopic (exact) mass is 241 g/mol. The fraction of sp³-hybridized carbons (Fsp3) is 0.300. The largest absolute Gasteiger partial charge is 0.459 e. The zero-order chi connectivity index (χ0) is 12.0. The number of ketones is 1. The summed E-state index contributed by atoms with van der Waals surface area (Å²) in [6.45, 7) is 1.53. The molecule has 1 aromatic heterocycles. The molecule has 0 aliphatic heterocycles. The van der Waals surface area contributed by atoms with Gasteiger partial charge in [-0.3, -0.25) is 9.59 Å². The Bertz CT molecular complexity index is 386. The Hall–Kier alpha value is -1.69. The van der Waals surface area contributed by atoms with Crippen molar-refractivity contribution in [1.29, 1.82) is 0 Å². The van der Waals surface area contributed by atoms with Gasteiger partial charge in [0.25, 0.3) is 0 Å². The summed E-state index contributed by atoms with van der Waals surface area (Å²) in [5, 5.41) is 3.96. The van der Waals surface area contributed by atoms with Gasteiger partial charge in [0.15, 0.2) is 5.78 Å². The molecular weight excluding hydrogens is 230 g/mol. The Kier molecular flexibility index (Phi) is 4.65. The molecule has 86 valence electrons. The number of ether oxygens (including phenoxy) is 1. The van der Waals surface area contributed by atoms with Gasteiger partial charge in [0.1, 0.15) is 0 Å². The molecule has 0 aromatic carbocycles. The predicted octanol–water partition coefficient (Wildman–Crippen LogP) is 0.610. The smallest absolute Gasteiger partial charge is 0.396 e. The van der Waals surface area contributed by atoms with Crippen molar-refractivity contribution < 1.29 is 19.1 Å². The zero-order valence-corrected chi connectivity index (χ0v) is 9.50. The maximum atomic E-state index is 11.4. The van der Waals surface area contributed by atoms with Gasteiger partial charge in [-0.2, -0.15) is 0 Å². The van der Waals surface area contributed by atoms with E-state index in [1.165, 1.54) is 11.3 Å². The lowest BCUT2D eigenvalue weighted by molar-refractivity contribution is -0.154. The average Bonchev–Trinajstić information content (AvgIpc) is 2.79. The summed E-state index contributed by atoms with van der Waals surface area (Å²) in [6, 6.07) is 3.40. The van der Waals surface area contributed by atoms with Gasteiger partial charge in [-0.25, -0.2) is 4.79 Å². The van der Waals surface area contributed by atoms with E-state index in [-0.39, 0.29) is 18.9 Å². The normalized spacial score (nSPS) is 9.56. The highest BCUT2D eigenvalue weighted by Crippen LogP contribution is 2.08. The number of thiophene rings is 1. The standard InChI is InChI=1S/C10H11NO4S/c1-2-15-10(14)9(13)11-6-7(12)8-4-3-5-16-8/h3-5H,2,6H2,1H3,(H,11,13). The van der Waals surface area contributed by atoms with Gasteiger partial charge in [-0.1, -0.05) is 6.07 Å². The van der Waals surface area contributed by atoms with Crippen LogP contribution in [0.5, 0.6) is 0 Å². The summed E-state index contributed by atoms with van der Waals surface area (Å²) in [7, 11) is 0. The molecule has 0 aliphatic carbocycles. The van der Waals surface area contributed by atoms with E-state index < -0.39 is 11.9 Å². The summed E-state index contributed by atoms with van der Waals surface area (Å²) >= 11 is 1.28. The Morgan fingerprint density at radius 1 is 1.44 bits per heavy atom. The Morgan fingerprint density at radius 3 is 2.75 bits per heavy atom. The first kappa shape index (κ1) is 12.4. The Morgan fingerprint density at radius 2 is 2.19 bits per heavy atom. The first-order chi connectivity index (χ1) is 7.65. The molecule has 1 amide bonds. The van der Waals surface area contributed by atoms with Crippen LogP contribution >= 0.6 is 11.3 Å². The van der Waals surface area contributed by atoms with Gasteiger partial charge in [0.05, 0.1) is 18.0 Å². The van der Waals surface area contributed by atoms with Crippen LogP contribution in [-0.2, 0) is 14.3 Å². The maximum Gasteiger partial charge on any atom is 0.396 e. The van der Waals surface area contributed by atoms with Crippen LogP contribution in [0.3, 0.4) is 0 Å². The van der Waals surface area contributed by atoms with Crippen molar-refractivity contribution >= 4 is 29.0 Å². The van der Waals surface area contributed by atoms with E-state index in [1.807, 2.05) is 0 Å². The first-order valence-electron chi connectivity index (χ1n) is 4.66. The average molecular weight is 241 g/mol. The molecule has 0 unspecified atom stereocenters. The first-order valence-corrected chi connectivity index (χ1v) is 5.54. The molecule has 0 aliphatic rings. The van der Waals surface area contributed by atoms with E-state index in [4.69, 9.17) is 0 Å². The Balaban J connectivity index is 2.38. The molecule has 0 spiro atoms. The molecule has 0 saturated carbocycles. The third-order valence-corrected chi connectivity index (χ3v) is 2.58. The SMILES string of the molecule is CCOC(=O)C(=O)NCC(=O)c1cccs1. The number of hydrogen-bond donors (Lipinski definition) is 1. The summed E-state index contributed by atoms with van der Waals surface area (Å²) < 4.78 is 4.47. The second-order valence-electron chi connectivity index (χ2n) is 2.80. The van der Waals surface area contributed by atoms with Crippen molar-refractivity contribution in [3.63, 3.8) is 0 Å². The minimum absolute atomic E-state index is 0.130. The second-order valence-corrected chi connectivity index (χ2v) is 3.75. The lowest BCUT2D eigenvalue weighted by Gasteiger charge is -2.02. The molecule has 0 bridgehead atoms. The molecule has 0 radical (unpaired) electrons. The van der Waals surface area contributed by atoms with E-state index >= 15 is 0 Å². The Labute approximate surface area is 96.4 Å². The van der Waals surface area contributed by atoms with Crippen LogP contribution < -0.4 is 5.32 Å². The number of esters is 1. The summed E-state index contributed by atoms with van der Waals surface area (Å²) in [6.07, 6.45) is 0. The molecule has 0 atom stereocenters. The minimum atomic E-state index is -0.971. The number of carbonyl (C=O) groups excluding carboxylic acids is 3. The summed E-state index contributed by atoms with van der Waals surface area (Å²) in [5.74, 6) is -2.10. The van der Waals surface area contributed by atoms with Crippen LogP contribution in [-0.4, -0.2) is 30.8 Å². The highest BCUT2D eigenvalue weighted by atomic mass is 32.1. The van der Waals surface area contributed by atoms with E-state index in [2.05, 4.69) is 10.1 Å². The van der Waals surface area contributed by atoms with Crippen molar-refractivity contribution in [3.8, 4) is 0 Å². The molecule has 6 heteroatoms. The van der Waals surface area contributed by atoms with Crippen molar-refractivity contribution in [2.75, 3.05) is 13.2 Å². The molecule has 16 heavy (non-hydrogen) atoms. The highest BCUT2D eigenvalue weighted by molar-refractivity contribution is 7.12. The maximum absolute atomic E-state index is 11.4. The van der Waals surface area contributed by atoms with Crippen LogP contribution in [0, 0.1) is 0 Å². The van der Waals surface area contributed by atoms with Crippen LogP contribution in [0.15, 0.2) is 17.5 Å². The molecule has 1 N–H and O–H groups in total. The fourth-order valence-electron chi connectivity index (χ4n) is 0.954. The summed E-state index contributed by atoms with van der Waals surface area (Å²) in [5.41, 5.74) is 0. The fourth-order valence-corrected chi connectivity index (χ4v) is 1.62. The predicted molar refractivity (Wildman–Crippen MR) is 58.3 cm³/mol. The molecule has 1 rings (SSSR count). The number of nitrogens with one attached hydrogen (secondary N) is 1. The van der Waals surface area contributed by atoms with E-state index in [9.17, 15) is 14.4 Å². The van der Waals surface area contributed by atoms with Gasteiger partial charge in [-0.05, 0) is 18.4 Å². The van der Waals surface area contributed by atoms with Gasteiger partial charge < -0.3 is 10.1 Å². The molecule has 0 fully saturated rings. The number of carbonyl (C=O) groups is 3. The van der Waals surface area contributed by atoms with Crippen molar-refractivity contribution in [2.45, 2.75) is 6.92 Å². The quantitative estimate of drug-likeness (QED) is 0.476. The van der Waals surface area contributed by atoms with Crippen LogP contribution in [0.4, 0.5) is 0 Å². The number of Topliss-reactive ketones (excluding diaryl/α,β-unsaturated/α-hetero) is 1. The van der Waals surface area contributed by atoms with Crippen LogP contribution in [0.2, 0.25) is 0 Å². The third-order valence-electron chi connectivity index (χ3n) is 1.67. The second kappa shape index (κ2) is 6.02. The number of amides is 1. The number of rotatable bonds is 4. The lowest BCUT2D eigenvalue weighted by Crippen LogP contribution is -2.35. The van der Waals surface area contributed by atoms with Crippen molar-refractivity contribution in [3.05, 3.63) is 22.4 Å². The molecular formula is C10H11NO4S. The molecule has 1 heterocycles. The molecule has 5 nitrogen and oxygen atoms in total. The lowest BCUT2D eigenvalue weighted by atomic mass is 10.3. The highest BCUT2D eigenvalue weighted by Gasteiger charge is 2.16. The van der Waals surface area contributed by atoms with Crippen LogP contribution in [0.1, 0.15) is 16.6 Å². The van der Waals surface area contributed by atoms with Crippen molar-refractivity contribution in [2.24, 2.45) is 0 Å². The van der Waals surface area contributed by atoms with Gasteiger partial charge >= 0.3 is 11.9 Å². The number of hydrogen-bond acceptors (Lipinski definition) is 5. The molecule has 1 aromatic rings. The topological polar surface area (TPSA) is 72.5 Å². The van der Waals surface area contributed by atoms with Gasteiger partial charge in [0, 0.05) is 0 Å². The van der Waals surface area contributed by atoms with E-state index in [0.29, 0.717) is 4.88 Å². The molecule has 0 saturated heterocycles. The van der Waals surface area contributed by atoms with Crippen molar-refractivity contribution in [1.82, 2.24) is 5.32 Å². The zero-order valence-electron chi connectivity index (χ0n) is 8.69. The summed E-state index contributed by atoms with van der Waals surface area (Å²) in [4.78, 5) is 34.0. The minimum Gasteiger partial charge on any atom is -0.459 e. The van der Waals surface area contributed by atoms with Crippen LogP contribution in [0.25, 0.3) is 0 Å². The van der Waals surface area contributed by atoms with Gasteiger partial charge in [0.2, 0.25) is 0 Å². The van der Waals surface area contributed by atoms with Gasteiger partial charge in [-0.15, -0.1) is 11.3 Å².